The lowest BCUT2D eigenvalue weighted by Gasteiger charge is -2.12. The highest BCUT2D eigenvalue weighted by Gasteiger charge is 2.30. The van der Waals surface area contributed by atoms with Gasteiger partial charge in [-0.2, -0.15) is 13.2 Å². The Morgan fingerprint density at radius 1 is 1.10 bits per heavy atom. The van der Waals surface area contributed by atoms with Crippen LogP contribution in [-0.2, 0) is 11.0 Å². The number of halogens is 3. The van der Waals surface area contributed by atoms with Crippen molar-refractivity contribution in [1.82, 2.24) is 9.55 Å². The first-order valence-electron chi connectivity index (χ1n) is 8.98. The van der Waals surface area contributed by atoms with Crippen LogP contribution in [0.25, 0.3) is 15.9 Å². The number of thiophene rings is 1. The normalized spacial score (nSPS) is 11.6. The number of alkyl halides is 3. The van der Waals surface area contributed by atoms with Crippen LogP contribution < -0.4 is 10.9 Å². The van der Waals surface area contributed by atoms with Crippen molar-refractivity contribution >= 4 is 44.9 Å². The van der Waals surface area contributed by atoms with Crippen molar-refractivity contribution in [3.8, 4) is 5.69 Å². The predicted octanol–water partition coefficient (Wildman–Crippen LogP) is 5.20. The Morgan fingerprint density at radius 3 is 2.61 bits per heavy atom. The molecule has 31 heavy (non-hydrogen) atoms. The molecule has 2 aromatic carbocycles. The van der Waals surface area contributed by atoms with Gasteiger partial charge in [0.05, 0.1) is 22.5 Å². The van der Waals surface area contributed by atoms with Gasteiger partial charge in [0, 0.05) is 5.69 Å². The molecular formula is C21H14F3N3O2S2. The number of fused-ring (bicyclic) bond motifs is 1. The molecule has 0 unspecified atom stereocenters. The van der Waals surface area contributed by atoms with Crippen LogP contribution in [0.2, 0.25) is 0 Å². The Hall–Kier alpha value is -3.11. The van der Waals surface area contributed by atoms with Gasteiger partial charge in [-0.1, -0.05) is 36.0 Å². The first kappa shape index (κ1) is 21.1. The molecule has 1 amide bonds. The van der Waals surface area contributed by atoms with Crippen LogP contribution >= 0.6 is 23.1 Å². The second-order valence-corrected chi connectivity index (χ2v) is 8.28. The number of para-hydroxylation sites is 1. The van der Waals surface area contributed by atoms with Gasteiger partial charge < -0.3 is 5.32 Å². The Balaban J connectivity index is 1.58. The molecule has 0 aliphatic heterocycles. The van der Waals surface area contributed by atoms with Crippen molar-refractivity contribution in [3.63, 3.8) is 0 Å². The zero-order chi connectivity index (χ0) is 22.0. The maximum absolute atomic E-state index is 13.0. The lowest BCUT2D eigenvalue weighted by Crippen LogP contribution is -2.22. The van der Waals surface area contributed by atoms with Gasteiger partial charge in [-0.15, -0.1) is 11.3 Å². The molecule has 0 radical (unpaired) electrons. The summed E-state index contributed by atoms with van der Waals surface area (Å²) in [5.41, 5.74) is 0.0913. The topological polar surface area (TPSA) is 64.0 Å². The van der Waals surface area contributed by atoms with Crippen LogP contribution in [0.1, 0.15) is 5.56 Å². The number of anilines is 1. The number of amides is 1. The van der Waals surface area contributed by atoms with Crippen molar-refractivity contribution in [3.05, 3.63) is 82.0 Å². The highest BCUT2D eigenvalue weighted by molar-refractivity contribution is 7.99. The molecule has 0 fully saturated rings. The summed E-state index contributed by atoms with van der Waals surface area (Å²) in [4.78, 5) is 29.9. The third kappa shape index (κ3) is 4.64. The van der Waals surface area contributed by atoms with E-state index >= 15 is 0 Å². The van der Waals surface area contributed by atoms with E-state index in [0.717, 1.165) is 23.9 Å². The molecule has 10 heteroatoms. The van der Waals surface area contributed by atoms with Gasteiger partial charge in [0.1, 0.15) is 4.70 Å². The molecule has 0 aliphatic rings. The van der Waals surface area contributed by atoms with Gasteiger partial charge in [0.15, 0.2) is 5.16 Å². The standard InChI is InChI=1S/C21H14F3N3O2S2/c22-21(23,24)13-5-4-6-14(11-13)25-17(28)12-31-20-26-16-9-10-30-18(16)19(29)27(20)15-7-2-1-3-8-15/h1-11H,12H2,(H,25,28). The molecular weight excluding hydrogens is 447 g/mol. The summed E-state index contributed by atoms with van der Waals surface area (Å²) in [7, 11) is 0. The summed E-state index contributed by atoms with van der Waals surface area (Å²) >= 11 is 2.32. The highest BCUT2D eigenvalue weighted by atomic mass is 32.2. The van der Waals surface area contributed by atoms with Crippen LogP contribution in [0, 0.1) is 0 Å². The fourth-order valence-electron chi connectivity index (χ4n) is 2.89. The molecule has 0 bridgehead atoms. The van der Waals surface area contributed by atoms with Gasteiger partial charge >= 0.3 is 6.18 Å². The van der Waals surface area contributed by atoms with Crippen LogP contribution in [0.15, 0.2) is 76.0 Å². The van der Waals surface area contributed by atoms with Crippen LogP contribution in [0.5, 0.6) is 0 Å². The third-order valence-corrected chi connectivity index (χ3v) is 6.10. The number of hydrogen-bond acceptors (Lipinski definition) is 5. The Morgan fingerprint density at radius 2 is 1.87 bits per heavy atom. The van der Waals surface area contributed by atoms with Gasteiger partial charge in [-0.25, -0.2) is 4.98 Å². The SMILES string of the molecule is O=C(CSc1nc2ccsc2c(=O)n1-c1ccccc1)Nc1cccc(C(F)(F)F)c1. The van der Waals surface area contributed by atoms with Crippen LogP contribution in [0.4, 0.5) is 18.9 Å². The van der Waals surface area contributed by atoms with E-state index in [4.69, 9.17) is 0 Å². The molecule has 4 aromatic rings. The maximum Gasteiger partial charge on any atom is 0.416 e. The lowest BCUT2D eigenvalue weighted by molar-refractivity contribution is -0.137. The number of carbonyl (C=O) groups excluding carboxylic acids is 1. The van der Waals surface area contributed by atoms with Crippen molar-refractivity contribution < 1.29 is 18.0 Å². The second kappa shape index (κ2) is 8.56. The van der Waals surface area contributed by atoms with Crippen LogP contribution in [0.3, 0.4) is 0 Å². The molecule has 0 atom stereocenters. The summed E-state index contributed by atoms with van der Waals surface area (Å²) < 4.78 is 40.5. The summed E-state index contributed by atoms with van der Waals surface area (Å²) in [6.45, 7) is 0. The van der Waals surface area contributed by atoms with Crippen molar-refractivity contribution in [1.29, 1.82) is 0 Å². The molecule has 0 spiro atoms. The van der Waals surface area contributed by atoms with E-state index in [9.17, 15) is 22.8 Å². The minimum Gasteiger partial charge on any atom is -0.325 e. The fourth-order valence-corrected chi connectivity index (χ4v) is 4.47. The molecule has 5 nitrogen and oxygen atoms in total. The van der Waals surface area contributed by atoms with E-state index < -0.39 is 17.6 Å². The average molecular weight is 461 g/mol. The number of carbonyl (C=O) groups is 1. The quantitative estimate of drug-likeness (QED) is 0.328. The summed E-state index contributed by atoms with van der Waals surface area (Å²) in [6, 6.07) is 15.1. The highest BCUT2D eigenvalue weighted by Crippen LogP contribution is 2.31. The monoisotopic (exact) mass is 461 g/mol. The lowest BCUT2D eigenvalue weighted by atomic mass is 10.2. The zero-order valence-corrected chi connectivity index (χ0v) is 17.4. The number of nitrogens with zero attached hydrogens (tertiary/aromatic N) is 2. The Kier molecular flexibility index (Phi) is 5.84. The van der Waals surface area contributed by atoms with Crippen LogP contribution in [-0.4, -0.2) is 21.2 Å². The van der Waals surface area contributed by atoms with Crippen molar-refractivity contribution in [2.24, 2.45) is 0 Å². The molecule has 2 aromatic heterocycles. The van der Waals surface area contributed by atoms with E-state index in [0.29, 0.717) is 21.1 Å². The number of nitrogens with one attached hydrogen (secondary N) is 1. The minimum atomic E-state index is -4.50. The molecule has 2 heterocycles. The molecule has 0 saturated heterocycles. The van der Waals surface area contributed by atoms with E-state index in [1.165, 1.54) is 28.0 Å². The van der Waals surface area contributed by atoms with E-state index in [1.807, 2.05) is 6.07 Å². The smallest absolute Gasteiger partial charge is 0.325 e. The molecule has 158 valence electrons. The summed E-state index contributed by atoms with van der Waals surface area (Å²) in [6.07, 6.45) is -4.50. The van der Waals surface area contributed by atoms with Gasteiger partial charge in [0.2, 0.25) is 5.91 Å². The molecule has 1 N–H and O–H groups in total. The Labute approximate surface area is 182 Å². The van der Waals surface area contributed by atoms with Gasteiger partial charge in [-0.05, 0) is 41.8 Å². The van der Waals surface area contributed by atoms with Gasteiger partial charge in [-0.3, -0.25) is 14.2 Å². The number of benzene rings is 2. The van der Waals surface area contributed by atoms with Crippen molar-refractivity contribution in [2.45, 2.75) is 11.3 Å². The molecule has 0 aliphatic carbocycles. The first-order chi connectivity index (χ1) is 14.8. The fraction of sp³-hybridized carbons (Fsp3) is 0.0952. The number of rotatable bonds is 5. The Bertz CT molecular complexity index is 1300. The summed E-state index contributed by atoms with van der Waals surface area (Å²) in [5, 5.41) is 4.55. The number of aromatic nitrogens is 2. The maximum atomic E-state index is 13.0. The predicted molar refractivity (Wildman–Crippen MR) is 116 cm³/mol. The molecule has 4 rings (SSSR count). The number of hydrogen-bond donors (Lipinski definition) is 1. The van der Waals surface area contributed by atoms with E-state index in [-0.39, 0.29) is 17.0 Å². The zero-order valence-electron chi connectivity index (χ0n) is 15.7. The average Bonchev–Trinajstić information content (AvgIpc) is 3.21. The first-order valence-corrected chi connectivity index (χ1v) is 10.8. The second-order valence-electron chi connectivity index (χ2n) is 6.42. The van der Waals surface area contributed by atoms with E-state index in [2.05, 4.69) is 10.3 Å². The summed E-state index contributed by atoms with van der Waals surface area (Å²) in [5.74, 6) is -0.644. The largest absolute Gasteiger partial charge is 0.416 e. The molecule has 0 saturated carbocycles. The van der Waals surface area contributed by atoms with E-state index in [1.54, 1.807) is 35.7 Å². The van der Waals surface area contributed by atoms with Gasteiger partial charge in [0.25, 0.3) is 5.56 Å². The minimum absolute atomic E-state index is 0.0436. The third-order valence-electron chi connectivity index (χ3n) is 4.27. The van der Waals surface area contributed by atoms with Crippen molar-refractivity contribution in [2.75, 3.05) is 11.1 Å². The number of thioether (sulfide) groups is 1.